The van der Waals surface area contributed by atoms with Crippen molar-refractivity contribution in [2.75, 3.05) is 24.5 Å². The van der Waals surface area contributed by atoms with Gasteiger partial charge < -0.3 is 14.6 Å². The quantitative estimate of drug-likeness (QED) is 0.184. The van der Waals surface area contributed by atoms with E-state index in [0.717, 1.165) is 15.6 Å². The zero-order valence-corrected chi connectivity index (χ0v) is 27.0. The molecule has 0 aliphatic carbocycles. The Bertz CT molecular complexity index is 1520. The predicted octanol–water partition coefficient (Wildman–Crippen LogP) is 4.15. The first-order chi connectivity index (χ1) is 18.6. The molecule has 0 aliphatic heterocycles. The third kappa shape index (κ3) is 7.99. The number of hydrogen-bond donors (Lipinski definition) is 2. The van der Waals surface area contributed by atoms with Crippen LogP contribution in [0.25, 0.3) is 11.1 Å². The van der Waals surface area contributed by atoms with Crippen LogP contribution in [0.5, 0.6) is 11.9 Å². The first-order valence-corrected chi connectivity index (χ1v) is 14.3. The summed E-state index contributed by atoms with van der Waals surface area (Å²) in [5, 5.41) is 9.63. The zero-order valence-electron chi connectivity index (χ0n) is 22.6. The molecule has 2 N–H and O–H groups in total. The molecule has 0 fully saturated rings. The van der Waals surface area contributed by atoms with Gasteiger partial charge in [0.25, 0.3) is 10.0 Å². The molecule has 0 saturated carbocycles. The molecule has 1 radical (unpaired) electrons. The van der Waals surface area contributed by atoms with Gasteiger partial charge in [-0.1, -0.05) is 55.8 Å². The molecule has 40 heavy (non-hydrogen) atoms. The number of halogens is 1. The third-order valence-electron chi connectivity index (χ3n) is 5.88. The van der Waals surface area contributed by atoms with Gasteiger partial charge in [-0.2, -0.15) is 0 Å². The van der Waals surface area contributed by atoms with Gasteiger partial charge in [0, 0.05) is 47.4 Å². The topological polar surface area (TPSA) is 136 Å². The number of hydrogen-bond acceptors (Lipinski definition) is 9. The number of nitrogens with one attached hydrogen (secondary N) is 1. The number of aliphatic hydroxyl groups is 1. The van der Waals surface area contributed by atoms with Crippen molar-refractivity contribution in [3.8, 4) is 23.0 Å². The van der Waals surface area contributed by atoms with E-state index in [1.165, 1.54) is 18.5 Å². The van der Waals surface area contributed by atoms with Crippen molar-refractivity contribution in [2.24, 2.45) is 0 Å². The second-order valence-corrected chi connectivity index (χ2v) is 11.9. The second-order valence-electron chi connectivity index (χ2n) is 9.32. The van der Waals surface area contributed by atoms with Gasteiger partial charge in [0.1, 0.15) is 19.5 Å². The average molecular weight is 638 g/mol. The number of anilines is 1. The predicted molar refractivity (Wildman–Crippen MR) is 156 cm³/mol. The van der Waals surface area contributed by atoms with Crippen molar-refractivity contribution in [1.82, 2.24) is 19.9 Å². The maximum atomic E-state index is 13.3. The van der Waals surface area contributed by atoms with E-state index in [-0.39, 0.29) is 72.0 Å². The zero-order chi connectivity index (χ0) is 28.0. The first kappa shape index (κ1) is 31.9. The summed E-state index contributed by atoms with van der Waals surface area (Å²) in [5.74, 6) is 0.257. The van der Waals surface area contributed by atoms with Crippen LogP contribution in [-0.2, 0) is 15.4 Å². The van der Waals surface area contributed by atoms with E-state index in [2.05, 4.69) is 40.6 Å². The molecule has 4 rings (SSSR count). The van der Waals surface area contributed by atoms with Crippen LogP contribution < -0.4 is 14.2 Å². The summed E-state index contributed by atoms with van der Waals surface area (Å²) in [7, 11) is -4.01. The molecule has 4 aromatic rings. The van der Waals surface area contributed by atoms with Crippen molar-refractivity contribution < 1.29 is 23.0 Å². The molecule has 2 aromatic carbocycles. The molecule has 0 atom stereocenters. The molecule has 0 spiro atoms. The summed E-state index contributed by atoms with van der Waals surface area (Å²) in [6.07, 6.45) is 4.38. The average Bonchev–Trinajstić information content (AvgIpc) is 2.93. The third-order valence-corrected chi connectivity index (χ3v) is 7.64. The Balaban J connectivity index is 0.00000441. The van der Waals surface area contributed by atoms with Gasteiger partial charge in [0.2, 0.25) is 5.88 Å². The van der Waals surface area contributed by atoms with Crippen LogP contribution in [-0.4, -0.2) is 82.8 Å². The van der Waals surface area contributed by atoms with Gasteiger partial charge in [-0.3, -0.25) is 4.72 Å². The van der Waals surface area contributed by atoms with E-state index in [9.17, 15) is 13.5 Å². The molecule has 13 heteroatoms. The standard InChI is InChI=1S/C27H28BrN5O5S.Na/c1-18-4-6-19(7-5-18)23-24(33-39(35,36)22-10-8-20(9-11-22)27(2,3)16-34)31-17-32-25(23)37-12-13-38-26-29-14-21(28)15-30-26;/h4-11,14-15,17,34H,12-13,16H2,1-3H3,(H,31,32,33);. The van der Waals surface area contributed by atoms with Crippen LogP contribution in [0.2, 0.25) is 0 Å². The van der Waals surface area contributed by atoms with E-state index in [4.69, 9.17) is 9.47 Å². The van der Waals surface area contributed by atoms with E-state index >= 15 is 0 Å². The fourth-order valence-corrected chi connectivity index (χ4v) is 4.77. The van der Waals surface area contributed by atoms with E-state index in [1.54, 1.807) is 24.5 Å². The Labute approximate surface area is 264 Å². The van der Waals surface area contributed by atoms with Gasteiger partial charge >= 0.3 is 6.01 Å². The second kappa shape index (κ2) is 13.8. The van der Waals surface area contributed by atoms with E-state index < -0.39 is 15.4 Å². The summed E-state index contributed by atoms with van der Waals surface area (Å²) < 4.78 is 41.4. The summed E-state index contributed by atoms with van der Waals surface area (Å²) in [4.78, 5) is 16.7. The van der Waals surface area contributed by atoms with Crippen molar-refractivity contribution in [2.45, 2.75) is 31.1 Å². The van der Waals surface area contributed by atoms with Gasteiger partial charge in [0.05, 0.1) is 21.5 Å². The number of aliphatic hydroxyl groups excluding tert-OH is 1. The van der Waals surface area contributed by atoms with Gasteiger partial charge in [-0.05, 0) is 46.1 Å². The monoisotopic (exact) mass is 636 g/mol. The minimum absolute atomic E-state index is 0. The molecule has 0 saturated heterocycles. The number of sulfonamides is 1. The van der Waals surface area contributed by atoms with Crippen molar-refractivity contribution in [3.05, 3.63) is 82.9 Å². The molecular formula is C27H28BrN5NaO5S. The number of ether oxygens (including phenoxy) is 2. The Morgan fingerprint density at radius 1 is 0.925 bits per heavy atom. The van der Waals surface area contributed by atoms with Crippen LogP contribution in [0.1, 0.15) is 25.0 Å². The van der Waals surface area contributed by atoms with Crippen molar-refractivity contribution in [3.63, 3.8) is 0 Å². The minimum atomic E-state index is -4.01. The van der Waals surface area contributed by atoms with Gasteiger partial charge in [-0.15, -0.1) is 0 Å². The Kier molecular flexibility index (Phi) is 11.0. The molecule has 0 unspecified atom stereocenters. The Morgan fingerprint density at radius 2 is 1.55 bits per heavy atom. The van der Waals surface area contributed by atoms with Crippen molar-refractivity contribution >= 4 is 61.3 Å². The summed E-state index contributed by atoms with van der Waals surface area (Å²) in [6, 6.07) is 14.1. The van der Waals surface area contributed by atoms with Crippen LogP contribution >= 0.6 is 15.9 Å². The summed E-state index contributed by atoms with van der Waals surface area (Å²) >= 11 is 3.27. The molecule has 0 amide bonds. The smallest absolute Gasteiger partial charge is 0.316 e. The Morgan fingerprint density at radius 3 is 2.17 bits per heavy atom. The normalized spacial score (nSPS) is 11.4. The number of benzene rings is 2. The van der Waals surface area contributed by atoms with Gasteiger partial charge in [-0.25, -0.2) is 28.4 Å². The van der Waals surface area contributed by atoms with Crippen LogP contribution in [0.15, 0.2) is 76.6 Å². The van der Waals surface area contributed by atoms with Crippen LogP contribution in [0.3, 0.4) is 0 Å². The molecular weight excluding hydrogens is 609 g/mol. The molecule has 0 bridgehead atoms. The maximum absolute atomic E-state index is 13.3. The molecule has 2 heterocycles. The van der Waals surface area contributed by atoms with E-state index in [1.807, 2.05) is 45.0 Å². The largest absolute Gasteiger partial charge is 0.473 e. The van der Waals surface area contributed by atoms with Crippen molar-refractivity contribution in [1.29, 1.82) is 0 Å². The fraction of sp³-hybridized carbons (Fsp3) is 0.259. The number of rotatable bonds is 11. The first-order valence-electron chi connectivity index (χ1n) is 12.0. The number of nitrogens with zero attached hydrogens (tertiary/aromatic N) is 4. The number of aromatic nitrogens is 4. The SMILES string of the molecule is Cc1ccc(-c2c(NS(=O)(=O)c3ccc(C(C)(C)CO)cc3)ncnc2OCCOc2ncc(Br)cn2)cc1.[Na]. The summed E-state index contributed by atoms with van der Waals surface area (Å²) in [6.45, 7) is 5.88. The Hall–Kier alpha value is -2.61. The van der Waals surface area contributed by atoms with Crippen LogP contribution in [0, 0.1) is 6.92 Å². The minimum Gasteiger partial charge on any atom is -0.473 e. The van der Waals surface area contributed by atoms with Crippen LogP contribution in [0.4, 0.5) is 5.82 Å². The summed E-state index contributed by atoms with van der Waals surface area (Å²) in [5.41, 5.74) is 2.41. The molecule has 205 valence electrons. The van der Waals surface area contributed by atoms with E-state index in [0.29, 0.717) is 11.1 Å². The molecule has 0 aliphatic rings. The molecule has 10 nitrogen and oxygen atoms in total. The fourth-order valence-electron chi connectivity index (χ4n) is 3.55. The number of aryl methyl sites for hydroxylation is 1. The maximum Gasteiger partial charge on any atom is 0.316 e. The molecule has 2 aromatic heterocycles. The van der Waals surface area contributed by atoms with Gasteiger partial charge in [0.15, 0.2) is 5.82 Å².